The molecule has 1 aliphatic rings. The molecule has 0 radical (unpaired) electrons. The average Bonchev–Trinajstić information content (AvgIpc) is 2.94. The Bertz CT molecular complexity index is 595. The number of nitrogens with one attached hydrogen (secondary N) is 1. The predicted octanol–water partition coefficient (Wildman–Crippen LogP) is -0.911. The fourth-order valence-corrected chi connectivity index (χ4v) is 3.71. The number of aromatic amines is 1. The van der Waals surface area contributed by atoms with Crippen LogP contribution in [0.25, 0.3) is 11.2 Å². The second-order valence-corrected chi connectivity index (χ2v) is 6.09. The topological polar surface area (TPSA) is 93.0 Å². The number of aliphatic hydroxyl groups excluding tert-OH is 1. The molecule has 0 bridgehead atoms. The molecule has 0 aliphatic carbocycles. The molecule has 90 valence electrons. The van der Waals surface area contributed by atoms with Crippen LogP contribution < -0.4 is 5.56 Å². The molecular formula is C9H10N4O3Se. The Labute approximate surface area is 102 Å². The van der Waals surface area contributed by atoms with Gasteiger partial charge < -0.3 is 0 Å². The maximum atomic E-state index is 11.5. The van der Waals surface area contributed by atoms with E-state index in [0.717, 1.165) is 5.32 Å². The van der Waals surface area contributed by atoms with E-state index in [4.69, 9.17) is 9.84 Å². The number of imidazole rings is 1. The van der Waals surface area contributed by atoms with Crippen LogP contribution in [0.5, 0.6) is 0 Å². The molecule has 1 fully saturated rings. The zero-order chi connectivity index (χ0) is 11.8. The van der Waals surface area contributed by atoms with E-state index in [1.165, 1.54) is 6.33 Å². The van der Waals surface area contributed by atoms with Crippen LogP contribution >= 0.6 is 0 Å². The first-order valence-electron chi connectivity index (χ1n) is 5.07. The number of aromatic nitrogens is 4. The standard InChI is InChI=1S/C9H10N4O3Se/c14-1-6-16-5(2-17-6)13-4-12-7-8(13)10-3-11-9(7)15/h3-6,14H,1-2H2,(H,10,11,15)/t5-,6+/m0/s1. The summed E-state index contributed by atoms with van der Waals surface area (Å²) in [6.45, 7) is 0.0388. The summed E-state index contributed by atoms with van der Waals surface area (Å²) < 4.78 is 7.40. The van der Waals surface area contributed by atoms with E-state index in [2.05, 4.69) is 15.0 Å². The van der Waals surface area contributed by atoms with Crippen LogP contribution in [0.3, 0.4) is 0 Å². The number of hydrogen-bond donors (Lipinski definition) is 2. The van der Waals surface area contributed by atoms with Crippen LogP contribution in [0.4, 0.5) is 0 Å². The average molecular weight is 301 g/mol. The molecule has 0 unspecified atom stereocenters. The van der Waals surface area contributed by atoms with Crippen molar-refractivity contribution < 1.29 is 9.84 Å². The Balaban J connectivity index is 2.02. The molecule has 0 saturated carbocycles. The number of hydrogen-bond acceptors (Lipinski definition) is 5. The third kappa shape index (κ3) is 1.79. The van der Waals surface area contributed by atoms with E-state index in [0.29, 0.717) is 11.2 Å². The minimum atomic E-state index is -0.254. The van der Waals surface area contributed by atoms with E-state index >= 15 is 0 Å². The van der Waals surface area contributed by atoms with Gasteiger partial charge in [0.25, 0.3) is 0 Å². The molecule has 7 nitrogen and oxygen atoms in total. The molecule has 2 atom stereocenters. The van der Waals surface area contributed by atoms with Crippen molar-refractivity contribution in [1.82, 2.24) is 19.5 Å². The SMILES string of the molecule is O=c1[nH]cnc2c1ncn2[C@@H]1C[Se][C@H](CO)O1. The molecule has 0 spiro atoms. The summed E-state index contributed by atoms with van der Waals surface area (Å²) in [7, 11) is 0. The van der Waals surface area contributed by atoms with Gasteiger partial charge in [0.05, 0.1) is 0 Å². The van der Waals surface area contributed by atoms with Gasteiger partial charge in [-0.2, -0.15) is 0 Å². The third-order valence-corrected chi connectivity index (χ3v) is 4.89. The minimum absolute atomic E-state index is 0.0388. The first-order valence-corrected chi connectivity index (χ1v) is 7.28. The van der Waals surface area contributed by atoms with Crippen molar-refractivity contribution >= 4 is 26.1 Å². The molecule has 8 heteroatoms. The summed E-state index contributed by atoms with van der Waals surface area (Å²) in [6, 6.07) is 0. The van der Waals surface area contributed by atoms with Gasteiger partial charge in [-0.25, -0.2) is 0 Å². The summed E-state index contributed by atoms with van der Waals surface area (Å²) in [4.78, 5) is 22.1. The van der Waals surface area contributed by atoms with Crippen LogP contribution in [-0.4, -0.2) is 51.2 Å². The quantitative estimate of drug-likeness (QED) is 0.701. The van der Waals surface area contributed by atoms with Gasteiger partial charge in [0.2, 0.25) is 0 Å². The monoisotopic (exact) mass is 302 g/mol. The fourth-order valence-electron chi connectivity index (χ4n) is 1.76. The van der Waals surface area contributed by atoms with Crippen molar-refractivity contribution in [2.75, 3.05) is 6.61 Å². The summed E-state index contributed by atoms with van der Waals surface area (Å²) in [6.07, 6.45) is 2.74. The van der Waals surface area contributed by atoms with Crippen LogP contribution in [0.1, 0.15) is 6.23 Å². The normalized spacial score (nSPS) is 24.5. The molecular weight excluding hydrogens is 291 g/mol. The molecule has 2 N–H and O–H groups in total. The van der Waals surface area contributed by atoms with Crippen molar-refractivity contribution in [3.63, 3.8) is 0 Å². The molecule has 3 rings (SSSR count). The van der Waals surface area contributed by atoms with Crippen molar-refractivity contribution in [2.45, 2.75) is 16.5 Å². The van der Waals surface area contributed by atoms with Gasteiger partial charge in [0.15, 0.2) is 0 Å². The fraction of sp³-hybridized carbons (Fsp3) is 0.444. The first kappa shape index (κ1) is 10.9. The molecule has 0 aromatic carbocycles. The summed E-state index contributed by atoms with van der Waals surface area (Å²) >= 11 is 0.247. The number of H-pyrrole nitrogens is 1. The van der Waals surface area contributed by atoms with Crippen molar-refractivity contribution in [3.8, 4) is 0 Å². The second-order valence-electron chi connectivity index (χ2n) is 3.59. The Morgan fingerprint density at radius 3 is 3.29 bits per heavy atom. The number of rotatable bonds is 2. The molecule has 1 saturated heterocycles. The van der Waals surface area contributed by atoms with E-state index in [9.17, 15) is 4.79 Å². The number of nitrogens with zero attached hydrogens (tertiary/aromatic N) is 3. The van der Waals surface area contributed by atoms with Gasteiger partial charge in [-0.3, -0.25) is 0 Å². The van der Waals surface area contributed by atoms with E-state index < -0.39 is 0 Å². The van der Waals surface area contributed by atoms with E-state index in [1.54, 1.807) is 10.9 Å². The summed E-state index contributed by atoms with van der Waals surface area (Å²) in [5.41, 5.74) is 0.583. The summed E-state index contributed by atoms with van der Waals surface area (Å²) in [5, 5.41) is 9.80. The van der Waals surface area contributed by atoms with E-state index in [-0.39, 0.29) is 38.4 Å². The Hall–Kier alpha value is -1.21. The zero-order valence-electron chi connectivity index (χ0n) is 8.74. The van der Waals surface area contributed by atoms with Gasteiger partial charge in [-0.15, -0.1) is 0 Å². The molecule has 0 amide bonds. The third-order valence-electron chi connectivity index (χ3n) is 2.56. The van der Waals surface area contributed by atoms with Crippen LogP contribution in [0.15, 0.2) is 17.4 Å². The Morgan fingerprint density at radius 1 is 1.65 bits per heavy atom. The first-order chi connectivity index (χ1) is 8.29. The van der Waals surface area contributed by atoms with E-state index in [1.807, 2.05) is 0 Å². The van der Waals surface area contributed by atoms with Crippen molar-refractivity contribution in [1.29, 1.82) is 0 Å². The van der Waals surface area contributed by atoms with Crippen molar-refractivity contribution in [3.05, 3.63) is 23.0 Å². The van der Waals surface area contributed by atoms with Gasteiger partial charge in [0, 0.05) is 0 Å². The number of ether oxygens (including phenoxy) is 1. The van der Waals surface area contributed by atoms with Crippen LogP contribution in [-0.2, 0) is 4.74 Å². The maximum absolute atomic E-state index is 11.5. The number of fused-ring (bicyclic) bond motifs is 1. The number of aliphatic hydroxyl groups is 1. The zero-order valence-corrected chi connectivity index (χ0v) is 10.5. The molecule has 2 aromatic heterocycles. The van der Waals surface area contributed by atoms with Gasteiger partial charge in [0.1, 0.15) is 0 Å². The Morgan fingerprint density at radius 2 is 2.53 bits per heavy atom. The molecule has 1 aliphatic heterocycles. The second kappa shape index (κ2) is 4.23. The van der Waals surface area contributed by atoms with Gasteiger partial charge in [-0.1, -0.05) is 0 Å². The van der Waals surface area contributed by atoms with Crippen LogP contribution in [0, 0.1) is 0 Å². The molecule has 3 heterocycles. The van der Waals surface area contributed by atoms with Crippen molar-refractivity contribution in [2.24, 2.45) is 0 Å². The Kier molecular flexibility index (Phi) is 2.71. The van der Waals surface area contributed by atoms with Crippen LogP contribution in [0.2, 0.25) is 5.32 Å². The summed E-state index contributed by atoms with van der Waals surface area (Å²) in [5.74, 6) is 0. The molecule has 2 aromatic rings. The predicted molar refractivity (Wildman–Crippen MR) is 59.7 cm³/mol. The molecule has 17 heavy (non-hydrogen) atoms. The van der Waals surface area contributed by atoms with Gasteiger partial charge >= 0.3 is 102 Å². The van der Waals surface area contributed by atoms with Gasteiger partial charge in [-0.05, 0) is 0 Å².